The lowest BCUT2D eigenvalue weighted by atomic mass is 9.86. The van der Waals surface area contributed by atoms with Gasteiger partial charge in [0.25, 0.3) is 5.91 Å². The number of hydrogen-bond acceptors (Lipinski definition) is 3. The Labute approximate surface area is 105 Å². The average Bonchev–Trinajstić information content (AvgIpc) is 2.47. The summed E-state index contributed by atoms with van der Waals surface area (Å²) in [6.45, 7) is 0. The highest BCUT2D eigenvalue weighted by atomic mass is 16.3. The quantitative estimate of drug-likeness (QED) is 0.425. The Morgan fingerprint density at radius 1 is 0.944 bits per heavy atom. The van der Waals surface area contributed by atoms with Gasteiger partial charge >= 0.3 is 0 Å². The van der Waals surface area contributed by atoms with E-state index in [2.05, 4.69) is 0 Å². The highest BCUT2D eigenvalue weighted by Crippen LogP contribution is 2.29. The number of rotatable bonds is 3. The van der Waals surface area contributed by atoms with Gasteiger partial charge in [0, 0.05) is 0 Å². The Morgan fingerprint density at radius 3 is 1.67 bits per heavy atom. The number of carbonyl (C=O) groups excluding carboxylic acids is 1. The van der Waals surface area contributed by atoms with Crippen LogP contribution in [0.25, 0.3) is 0 Å². The summed E-state index contributed by atoms with van der Waals surface area (Å²) in [4.78, 5) is 11.9. The van der Waals surface area contributed by atoms with Crippen molar-refractivity contribution in [2.75, 3.05) is 0 Å². The van der Waals surface area contributed by atoms with Crippen LogP contribution in [0.5, 0.6) is 0 Å². The number of nitrogens with one attached hydrogen (secondary N) is 1. The van der Waals surface area contributed by atoms with Crippen molar-refractivity contribution in [2.45, 2.75) is 5.60 Å². The number of benzene rings is 2. The third-order valence-electron chi connectivity index (χ3n) is 2.84. The van der Waals surface area contributed by atoms with Crippen LogP contribution in [0.15, 0.2) is 60.7 Å². The van der Waals surface area contributed by atoms with Crippen LogP contribution in [-0.4, -0.2) is 11.0 Å². The Hall–Kier alpha value is -2.17. The number of hydrazine groups is 1. The zero-order valence-electron chi connectivity index (χ0n) is 9.71. The number of nitrogens with two attached hydrogens (primary N) is 1. The highest BCUT2D eigenvalue weighted by molar-refractivity contribution is 5.89. The lowest BCUT2D eigenvalue weighted by molar-refractivity contribution is -0.136. The van der Waals surface area contributed by atoms with Crippen molar-refractivity contribution in [3.63, 3.8) is 0 Å². The molecule has 4 nitrogen and oxygen atoms in total. The normalized spacial score (nSPS) is 11.0. The molecule has 0 atom stereocenters. The van der Waals surface area contributed by atoms with E-state index in [9.17, 15) is 9.90 Å². The van der Waals surface area contributed by atoms with Crippen LogP contribution < -0.4 is 11.3 Å². The molecule has 0 aliphatic heterocycles. The van der Waals surface area contributed by atoms with Crippen LogP contribution in [0, 0.1) is 0 Å². The van der Waals surface area contributed by atoms with Crippen LogP contribution in [0.1, 0.15) is 11.1 Å². The highest BCUT2D eigenvalue weighted by Gasteiger charge is 2.39. The predicted molar refractivity (Wildman–Crippen MR) is 68.2 cm³/mol. The van der Waals surface area contributed by atoms with E-state index >= 15 is 0 Å². The summed E-state index contributed by atoms with van der Waals surface area (Å²) in [5.41, 5.74) is 1.18. The minimum Gasteiger partial charge on any atom is -0.372 e. The van der Waals surface area contributed by atoms with E-state index in [0.717, 1.165) is 0 Å². The SMILES string of the molecule is NNC(=O)C(O)(c1ccccc1)c1ccccc1. The third-order valence-corrected chi connectivity index (χ3v) is 2.84. The molecule has 0 heterocycles. The van der Waals surface area contributed by atoms with E-state index < -0.39 is 11.5 Å². The molecule has 4 N–H and O–H groups in total. The number of amides is 1. The first-order valence-electron chi connectivity index (χ1n) is 5.54. The van der Waals surface area contributed by atoms with Crippen LogP contribution in [0.4, 0.5) is 0 Å². The molecule has 2 aromatic carbocycles. The summed E-state index contributed by atoms with van der Waals surface area (Å²) in [6, 6.07) is 17.4. The van der Waals surface area contributed by atoms with E-state index in [0.29, 0.717) is 11.1 Å². The van der Waals surface area contributed by atoms with Crippen LogP contribution >= 0.6 is 0 Å². The molecule has 1 amide bonds. The summed E-state index contributed by atoms with van der Waals surface area (Å²) in [7, 11) is 0. The molecular formula is C14H14N2O2. The lowest BCUT2D eigenvalue weighted by Gasteiger charge is -2.27. The summed E-state index contributed by atoms with van der Waals surface area (Å²) in [5, 5.41) is 10.7. The fourth-order valence-electron chi connectivity index (χ4n) is 1.89. The molecule has 0 aromatic heterocycles. The number of carbonyl (C=O) groups is 1. The summed E-state index contributed by atoms with van der Waals surface area (Å²) in [5.74, 6) is 4.51. The Kier molecular flexibility index (Phi) is 3.41. The fraction of sp³-hybridized carbons (Fsp3) is 0.0714. The molecule has 0 aliphatic carbocycles. The molecule has 4 heteroatoms. The summed E-state index contributed by atoms with van der Waals surface area (Å²) >= 11 is 0. The molecule has 18 heavy (non-hydrogen) atoms. The van der Waals surface area contributed by atoms with Crippen LogP contribution in [0.3, 0.4) is 0 Å². The molecule has 0 unspecified atom stereocenters. The lowest BCUT2D eigenvalue weighted by Crippen LogP contribution is -2.48. The van der Waals surface area contributed by atoms with Crippen molar-refractivity contribution in [1.82, 2.24) is 5.43 Å². The topological polar surface area (TPSA) is 75.3 Å². The van der Waals surface area contributed by atoms with Gasteiger partial charge in [0.1, 0.15) is 0 Å². The van der Waals surface area contributed by atoms with E-state index in [1.807, 2.05) is 17.6 Å². The zero-order valence-corrected chi connectivity index (χ0v) is 9.71. The van der Waals surface area contributed by atoms with Gasteiger partial charge in [0.2, 0.25) is 0 Å². The van der Waals surface area contributed by atoms with Gasteiger partial charge in [-0.2, -0.15) is 0 Å². The monoisotopic (exact) mass is 242 g/mol. The van der Waals surface area contributed by atoms with Crippen molar-refractivity contribution in [1.29, 1.82) is 0 Å². The van der Waals surface area contributed by atoms with Gasteiger partial charge in [-0.05, 0) is 11.1 Å². The Bertz CT molecular complexity index is 487. The predicted octanol–water partition coefficient (Wildman–Crippen LogP) is 0.912. The van der Waals surface area contributed by atoms with Gasteiger partial charge in [-0.15, -0.1) is 0 Å². The third kappa shape index (κ3) is 1.99. The van der Waals surface area contributed by atoms with E-state index in [4.69, 9.17) is 5.84 Å². The van der Waals surface area contributed by atoms with Gasteiger partial charge in [-0.25, -0.2) is 5.84 Å². The number of hydrogen-bond donors (Lipinski definition) is 3. The van der Waals surface area contributed by atoms with Crippen LogP contribution in [-0.2, 0) is 10.4 Å². The van der Waals surface area contributed by atoms with Gasteiger partial charge < -0.3 is 5.11 Å². The van der Waals surface area contributed by atoms with Crippen molar-refractivity contribution in [3.05, 3.63) is 71.8 Å². The maximum absolute atomic E-state index is 11.9. The van der Waals surface area contributed by atoms with E-state index in [1.54, 1.807) is 48.5 Å². The molecule has 0 aliphatic rings. The first kappa shape index (κ1) is 12.3. The first-order valence-corrected chi connectivity index (χ1v) is 5.54. The minimum absolute atomic E-state index is 0.471. The molecule has 0 saturated carbocycles. The molecule has 0 radical (unpaired) electrons. The zero-order chi connectivity index (χ0) is 13.0. The summed E-state index contributed by atoms with van der Waals surface area (Å²) < 4.78 is 0. The second-order valence-corrected chi connectivity index (χ2v) is 3.92. The van der Waals surface area contributed by atoms with E-state index in [1.165, 1.54) is 0 Å². The molecule has 92 valence electrons. The van der Waals surface area contributed by atoms with Gasteiger partial charge in [-0.3, -0.25) is 10.2 Å². The Morgan fingerprint density at radius 2 is 1.33 bits per heavy atom. The second-order valence-electron chi connectivity index (χ2n) is 3.92. The molecule has 2 rings (SSSR count). The maximum Gasteiger partial charge on any atom is 0.275 e. The van der Waals surface area contributed by atoms with Crippen molar-refractivity contribution >= 4 is 5.91 Å². The molecule has 2 aromatic rings. The molecule has 0 fully saturated rings. The average molecular weight is 242 g/mol. The molecule has 0 bridgehead atoms. The van der Waals surface area contributed by atoms with Crippen LogP contribution in [0.2, 0.25) is 0 Å². The standard InChI is InChI=1S/C14H14N2O2/c15-16-13(17)14(18,11-7-3-1-4-8-11)12-9-5-2-6-10-12/h1-10,18H,15H2,(H,16,17). The second kappa shape index (κ2) is 5.00. The van der Waals surface area contributed by atoms with Crippen molar-refractivity contribution < 1.29 is 9.90 Å². The van der Waals surface area contributed by atoms with E-state index in [-0.39, 0.29) is 0 Å². The van der Waals surface area contributed by atoms with Gasteiger partial charge in [-0.1, -0.05) is 60.7 Å². The largest absolute Gasteiger partial charge is 0.372 e. The number of aliphatic hydroxyl groups is 1. The van der Waals surface area contributed by atoms with Crippen molar-refractivity contribution in [2.24, 2.45) is 5.84 Å². The first-order chi connectivity index (χ1) is 8.69. The fourth-order valence-corrected chi connectivity index (χ4v) is 1.89. The Balaban J connectivity index is 2.59. The van der Waals surface area contributed by atoms with Gasteiger partial charge in [0.15, 0.2) is 5.60 Å². The summed E-state index contributed by atoms with van der Waals surface area (Å²) in [6.07, 6.45) is 0. The minimum atomic E-state index is -1.78. The van der Waals surface area contributed by atoms with Crippen molar-refractivity contribution in [3.8, 4) is 0 Å². The molecule has 0 saturated heterocycles. The maximum atomic E-state index is 11.9. The molecule has 0 spiro atoms. The van der Waals surface area contributed by atoms with Gasteiger partial charge in [0.05, 0.1) is 0 Å². The smallest absolute Gasteiger partial charge is 0.275 e. The molecular weight excluding hydrogens is 228 g/mol.